The van der Waals surface area contributed by atoms with Gasteiger partial charge in [0.15, 0.2) is 0 Å². The van der Waals surface area contributed by atoms with E-state index in [-0.39, 0.29) is 5.91 Å². The molecule has 1 heterocycles. The van der Waals surface area contributed by atoms with Gasteiger partial charge in [0.05, 0.1) is 0 Å². The summed E-state index contributed by atoms with van der Waals surface area (Å²) in [6.45, 7) is 5.96. The van der Waals surface area contributed by atoms with Gasteiger partial charge in [0, 0.05) is 38.3 Å². The predicted molar refractivity (Wildman–Crippen MR) is 100 cm³/mol. The van der Waals surface area contributed by atoms with E-state index in [0.29, 0.717) is 5.75 Å². The van der Waals surface area contributed by atoms with E-state index in [0.717, 1.165) is 43.9 Å². The lowest BCUT2D eigenvalue weighted by molar-refractivity contribution is -0.128. The van der Waals surface area contributed by atoms with E-state index in [2.05, 4.69) is 4.90 Å². The second-order valence-corrected chi connectivity index (χ2v) is 6.47. The Hall–Kier alpha value is -2.59. The first-order chi connectivity index (χ1) is 12.1. The highest BCUT2D eigenvalue weighted by atomic mass is 16.3. The van der Waals surface area contributed by atoms with Gasteiger partial charge in [-0.1, -0.05) is 42.5 Å². The van der Waals surface area contributed by atoms with Crippen LogP contribution >= 0.6 is 0 Å². The minimum Gasteiger partial charge on any atom is -0.508 e. The molecule has 4 nitrogen and oxygen atoms in total. The van der Waals surface area contributed by atoms with Crippen LogP contribution in [0.15, 0.2) is 60.2 Å². The van der Waals surface area contributed by atoms with Crippen LogP contribution < -0.4 is 0 Å². The minimum atomic E-state index is 0.119. The number of piperazine rings is 1. The number of carbonyl (C=O) groups is 1. The van der Waals surface area contributed by atoms with Crippen molar-refractivity contribution in [3.63, 3.8) is 0 Å². The van der Waals surface area contributed by atoms with Crippen molar-refractivity contribution in [1.82, 2.24) is 9.80 Å². The molecule has 25 heavy (non-hydrogen) atoms. The Kier molecular flexibility index (Phi) is 5.51. The lowest BCUT2D eigenvalue weighted by atomic mass is 10.1. The van der Waals surface area contributed by atoms with Crippen molar-refractivity contribution in [3.8, 4) is 5.75 Å². The zero-order valence-corrected chi connectivity index (χ0v) is 14.6. The number of phenols is 1. The molecule has 1 aliphatic heterocycles. The van der Waals surface area contributed by atoms with Crippen molar-refractivity contribution in [1.29, 1.82) is 0 Å². The molecule has 1 fully saturated rings. The maximum Gasteiger partial charge on any atom is 0.249 e. The highest BCUT2D eigenvalue weighted by molar-refractivity contribution is 5.97. The van der Waals surface area contributed by atoms with Crippen molar-refractivity contribution in [2.24, 2.45) is 0 Å². The fourth-order valence-corrected chi connectivity index (χ4v) is 3.08. The van der Waals surface area contributed by atoms with Gasteiger partial charge in [0.2, 0.25) is 5.91 Å². The standard InChI is InChI=1S/C21H24N2O2/c1-17(15-18-5-3-2-4-6-18)21(25)23-13-11-22(12-14-23)16-19-7-9-20(24)10-8-19/h2-10,15,24H,11-14,16H2,1H3. The monoisotopic (exact) mass is 336 g/mol. The number of benzene rings is 2. The first kappa shape index (κ1) is 17.2. The lowest BCUT2D eigenvalue weighted by Crippen LogP contribution is -2.48. The molecule has 2 aromatic rings. The van der Waals surface area contributed by atoms with Crippen LogP contribution in [0.2, 0.25) is 0 Å². The molecule has 0 bridgehead atoms. The molecule has 0 radical (unpaired) electrons. The zero-order chi connectivity index (χ0) is 17.6. The molecule has 0 aromatic heterocycles. The van der Waals surface area contributed by atoms with Crippen molar-refractivity contribution in [2.75, 3.05) is 26.2 Å². The van der Waals surface area contributed by atoms with E-state index in [1.165, 1.54) is 5.56 Å². The molecule has 2 aromatic carbocycles. The van der Waals surface area contributed by atoms with Gasteiger partial charge in [-0.15, -0.1) is 0 Å². The summed E-state index contributed by atoms with van der Waals surface area (Å²) in [7, 11) is 0. The molecule has 1 aliphatic rings. The molecule has 1 saturated heterocycles. The number of carbonyl (C=O) groups excluding carboxylic acids is 1. The van der Waals surface area contributed by atoms with E-state index in [1.54, 1.807) is 12.1 Å². The average Bonchev–Trinajstić information content (AvgIpc) is 2.64. The first-order valence-electron chi connectivity index (χ1n) is 8.65. The molecule has 130 valence electrons. The second-order valence-electron chi connectivity index (χ2n) is 6.47. The van der Waals surface area contributed by atoms with Gasteiger partial charge in [-0.05, 0) is 36.3 Å². The van der Waals surface area contributed by atoms with Crippen LogP contribution in [0.1, 0.15) is 18.1 Å². The van der Waals surface area contributed by atoms with Crippen LogP contribution in [0.5, 0.6) is 5.75 Å². The van der Waals surface area contributed by atoms with E-state index in [9.17, 15) is 9.90 Å². The fourth-order valence-electron chi connectivity index (χ4n) is 3.08. The third-order valence-corrected chi connectivity index (χ3v) is 4.52. The molecule has 1 amide bonds. The fraction of sp³-hybridized carbons (Fsp3) is 0.286. The zero-order valence-electron chi connectivity index (χ0n) is 14.6. The first-order valence-corrected chi connectivity index (χ1v) is 8.65. The number of rotatable bonds is 4. The van der Waals surface area contributed by atoms with Gasteiger partial charge in [-0.3, -0.25) is 9.69 Å². The predicted octanol–water partition coefficient (Wildman–Crippen LogP) is 3.14. The lowest BCUT2D eigenvalue weighted by Gasteiger charge is -2.35. The Labute approximate surface area is 149 Å². The largest absolute Gasteiger partial charge is 0.508 e. The Balaban J connectivity index is 1.53. The normalized spacial score (nSPS) is 16.0. The van der Waals surface area contributed by atoms with Gasteiger partial charge >= 0.3 is 0 Å². The third-order valence-electron chi connectivity index (χ3n) is 4.52. The number of nitrogens with zero attached hydrogens (tertiary/aromatic N) is 2. The Morgan fingerprint density at radius 3 is 2.28 bits per heavy atom. The molecule has 0 atom stereocenters. The highest BCUT2D eigenvalue weighted by Gasteiger charge is 2.21. The molecule has 4 heteroatoms. The quantitative estimate of drug-likeness (QED) is 0.873. The van der Waals surface area contributed by atoms with Crippen LogP contribution in [-0.2, 0) is 11.3 Å². The molecule has 0 saturated carbocycles. The molecule has 1 N–H and O–H groups in total. The summed E-state index contributed by atoms with van der Waals surface area (Å²) in [4.78, 5) is 16.9. The number of hydrogen-bond acceptors (Lipinski definition) is 3. The van der Waals surface area contributed by atoms with Gasteiger partial charge in [-0.2, -0.15) is 0 Å². The van der Waals surface area contributed by atoms with E-state index >= 15 is 0 Å². The number of hydrogen-bond donors (Lipinski definition) is 1. The molecule has 3 rings (SSSR count). The third kappa shape index (κ3) is 4.70. The minimum absolute atomic E-state index is 0.119. The smallest absolute Gasteiger partial charge is 0.249 e. The van der Waals surface area contributed by atoms with Crippen LogP contribution in [0.4, 0.5) is 0 Å². The van der Waals surface area contributed by atoms with Gasteiger partial charge in [-0.25, -0.2) is 0 Å². The summed E-state index contributed by atoms with van der Waals surface area (Å²) in [5.74, 6) is 0.410. The molecular weight excluding hydrogens is 312 g/mol. The maximum absolute atomic E-state index is 12.6. The van der Waals surface area contributed by atoms with E-state index in [1.807, 2.05) is 60.4 Å². The summed E-state index contributed by atoms with van der Waals surface area (Å²) >= 11 is 0. The van der Waals surface area contributed by atoms with Crippen LogP contribution in [0.3, 0.4) is 0 Å². The molecule has 0 spiro atoms. The number of aromatic hydroxyl groups is 1. The van der Waals surface area contributed by atoms with Gasteiger partial charge in [0.25, 0.3) is 0 Å². The summed E-state index contributed by atoms with van der Waals surface area (Å²) in [5.41, 5.74) is 3.01. The number of amides is 1. The van der Waals surface area contributed by atoms with E-state index in [4.69, 9.17) is 0 Å². The summed E-state index contributed by atoms with van der Waals surface area (Å²) in [6, 6.07) is 17.3. The Morgan fingerprint density at radius 2 is 1.64 bits per heavy atom. The summed E-state index contributed by atoms with van der Waals surface area (Å²) in [6.07, 6.45) is 1.95. The molecule has 0 aliphatic carbocycles. The van der Waals surface area contributed by atoms with Crippen molar-refractivity contribution in [2.45, 2.75) is 13.5 Å². The van der Waals surface area contributed by atoms with Crippen molar-refractivity contribution in [3.05, 3.63) is 71.3 Å². The van der Waals surface area contributed by atoms with Crippen LogP contribution in [-0.4, -0.2) is 47.0 Å². The second kappa shape index (κ2) is 7.99. The average molecular weight is 336 g/mol. The summed E-state index contributed by atoms with van der Waals surface area (Å²) in [5, 5.41) is 9.35. The topological polar surface area (TPSA) is 43.8 Å². The molecule has 0 unspecified atom stereocenters. The maximum atomic E-state index is 12.6. The van der Waals surface area contributed by atoms with Crippen LogP contribution in [0.25, 0.3) is 6.08 Å². The van der Waals surface area contributed by atoms with Gasteiger partial charge < -0.3 is 10.0 Å². The Bertz CT molecular complexity index is 730. The van der Waals surface area contributed by atoms with Gasteiger partial charge in [0.1, 0.15) is 5.75 Å². The van der Waals surface area contributed by atoms with Crippen molar-refractivity contribution >= 4 is 12.0 Å². The summed E-state index contributed by atoms with van der Waals surface area (Å²) < 4.78 is 0. The molecular formula is C21H24N2O2. The number of phenolic OH excluding ortho intramolecular Hbond substituents is 1. The SMILES string of the molecule is CC(=Cc1ccccc1)C(=O)N1CCN(Cc2ccc(O)cc2)CC1. The van der Waals surface area contributed by atoms with E-state index < -0.39 is 0 Å². The highest BCUT2D eigenvalue weighted by Crippen LogP contribution is 2.15. The van der Waals surface area contributed by atoms with Crippen molar-refractivity contribution < 1.29 is 9.90 Å². The van der Waals surface area contributed by atoms with Crippen LogP contribution in [0, 0.1) is 0 Å². The Morgan fingerprint density at radius 1 is 1.00 bits per heavy atom.